The lowest BCUT2D eigenvalue weighted by Gasteiger charge is -2.06. The van der Waals surface area contributed by atoms with Gasteiger partial charge in [-0.2, -0.15) is 4.40 Å². The number of aromatic nitrogens is 2. The molecule has 0 spiro atoms. The first-order valence-electron chi connectivity index (χ1n) is 8.24. The summed E-state index contributed by atoms with van der Waals surface area (Å²) >= 11 is 3.06. The van der Waals surface area contributed by atoms with Crippen LogP contribution in [-0.2, 0) is 10.0 Å². The Hall–Kier alpha value is -2.58. The van der Waals surface area contributed by atoms with Crippen LogP contribution in [0.15, 0.2) is 36.7 Å². The van der Waals surface area contributed by atoms with Crippen molar-refractivity contribution in [2.75, 3.05) is 18.1 Å². The molecule has 0 atom stereocenters. The highest BCUT2D eigenvalue weighted by Gasteiger charge is 2.16. The second kappa shape index (κ2) is 10.3. The van der Waals surface area contributed by atoms with Crippen LogP contribution in [0.5, 0.6) is 0 Å². The lowest BCUT2D eigenvalue weighted by atomic mass is 10.2. The topological polar surface area (TPSA) is 168 Å². The Morgan fingerprint density at radius 3 is 2.79 bits per heavy atom. The zero-order chi connectivity index (χ0) is 21.4. The second-order valence-electron chi connectivity index (χ2n) is 5.83. The molecule has 0 bridgehead atoms. The van der Waals surface area contributed by atoms with E-state index < -0.39 is 15.8 Å². The predicted octanol–water partition coefficient (Wildman–Crippen LogP) is 1.93. The molecule has 0 radical (unpaired) electrons. The van der Waals surface area contributed by atoms with E-state index in [9.17, 15) is 18.0 Å². The fourth-order valence-electron chi connectivity index (χ4n) is 2.17. The number of benzene rings is 1. The standard InChI is InChI=1S/C15H19BrFN7O4S/c1-29(26,27)24-12(18)4-2-3-7-19-14-13(22-28-23-14)15(21-25)20-9-5-6-11(17)10(16)8-9/h5-6,8,25H,2-4,7H2,1H3,(H2,18,24)(H,19,23)(H,20,21). The summed E-state index contributed by atoms with van der Waals surface area (Å²) in [6.45, 7) is 0.439. The number of hydrogen-bond acceptors (Lipinski definition) is 8. The van der Waals surface area contributed by atoms with Crippen molar-refractivity contribution in [3.05, 3.63) is 34.2 Å². The molecule has 158 valence electrons. The highest BCUT2D eigenvalue weighted by Crippen LogP contribution is 2.23. The van der Waals surface area contributed by atoms with Crippen molar-refractivity contribution in [1.82, 2.24) is 15.8 Å². The molecule has 2 rings (SSSR count). The Balaban J connectivity index is 1.98. The summed E-state index contributed by atoms with van der Waals surface area (Å²) in [6, 6.07) is 4.06. The molecular formula is C15H19BrFN7O4S. The van der Waals surface area contributed by atoms with E-state index in [0.29, 0.717) is 31.5 Å². The summed E-state index contributed by atoms with van der Waals surface area (Å²) in [5.41, 5.74) is 7.93. The number of hydrogen-bond donors (Lipinski definition) is 4. The van der Waals surface area contributed by atoms with Crippen LogP contribution >= 0.6 is 15.9 Å². The molecular weight excluding hydrogens is 473 g/mol. The smallest absolute Gasteiger partial charge is 0.251 e. The van der Waals surface area contributed by atoms with E-state index in [1.807, 2.05) is 5.48 Å². The number of rotatable bonds is 9. The summed E-state index contributed by atoms with van der Waals surface area (Å²) in [5, 5.41) is 19.8. The highest BCUT2D eigenvalue weighted by molar-refractivity contribution is 9.10. The van der Waals surface area contributed by atoms with E-state index in [1.165, 1.54) is 18.2 Å². The molecule has 1 aromatic carbocycles. The number of unbranched alkanes of at least 4 members (excludes halogenated alkanes) is 1. The van der Waals surface area contributed by atoms with Gasteiger partial charge in [0.1, 0.15) is 11.7 Å². The average molecular weight is 492 g/mol. The Labute approximate surface area is 174 Å². The molecule has 0 amide bonds. The summed E-state index contributed by atoms with van der Waals surface area (Å²) in [6.07, 6.45) is 2.50. The van der Waals surface area contributed by atoms with E-state index in [2.05, 4.69) is 45.6 Å². The van der Waals surface area contributed by atoms with Crippen molar-refractivity contribution >= 4 is 49.1 Å². The van der Waals surface area contributed by atoms with Crippen LogP contribution in [-0.4, -0.2) is 48.4 Å². The van der Waals surface area contributed by atoms with E-state index >= 15 is 0 Å². The first-order chi connectivity index (χ1) is 13.7. The Bertz CT molecular complexity index is 1010. The monoisotopic (exact) mass is 491 g/mol. The number of nitrogens with two attached hydrogens (primary N) is 1. The van der Waals surface area contributed by atoms with Gasteiger partial charge in [-0.3, -0.25) is 10.7 Å². The van der Waals surface area contributed by atoms with Crippen LogP contribution in [0.3, 0.4) is 0 Å². The lowest BCUT2D eigenvalue weighted by molar-refractivity contribution is 0.234. The summed E-state index contributed by atoms with van der Waals surface area (Å²) in [7, 11) is -3.50. The van der Waals surface area contributed by atoms with Gasteiger partial charge >= 0.3 is 0 Å². The first kappa shape index (κ1) is 22.7. The number of hydroxylamine groups is 1. The second-order valence-corrected chi connectivity index (χ2v) is 8.33. The minimum absolute atomic E-state index is 0.0423. The molecule has 5 N–H and O–H groups in total. The number of nitrogens with one attached hydrogen (secondary N) is 2. The zero-order valence-electron chi connectivity index (χ0n) is 15.3. The molecule has 0 fully saturated rings. The molecule has 0 aliphatic rings. The van der Waals surface area contributed by atoms with Crippen LogP contribution in [0.1, 0.15) is 25.0 Å². The maximum atomic E-state index is 13.3. The van der Waals surface area contributed by atoms with Gasteiger partial charge in [0.2, 0.25) is 5.82 Å². The molecule has 1 aromatic heterocycles. The first-order valence-corrected chi connectivity index (χ1v) is 10.9. The minimum atomic E-state index is -3.50. The predicted molar refractivity (Wildman–Crippen MR) is 108 cm³/mol. The average Bonchev–Trinajstić information content (AvgIpc) is 3.09. The van der Waals surface area contributed by atoms with Crippen LogP contribution in [0.2, 0.25) is 0 Å². The number of halogens is 2. The van der Waals surface area contributed by atoms with Crippen molar-refractivity contribution in [2.24, 2.45) is 15.1 Å². The molecule has 1 heterocycles. The number of aliphatic imine (C=N–C) groups is 1. The van der Waals surface area contributed by atoms with Crippen molar-refractivity contribution in [1.29, 1.82) is 0 Å². The molecule has 29 heavy (non-hydrogen) atoms. The van der Waals surface area contributed by atoms with Crippen molar-refractivity contribution in [2.45, 2.75) is 19.3 Å². The maximum Gasteiger partial charge on any atom is 0.251 e. The van der Waals surface area contributed by atoms with Crippen LogP contribution in [0.4, 0.5) is 15.9 Å². The molecule has 0 aliphatic carbocycles. The van der Waals surface area contributed by atoms with Crippen molar-refractivity contribution < 1.29 is 22.6 Å². The molecule has 0 unspecified atom stereocenters. The number of amidine groups is 2. The largest absolute Gasteiger partial charge is 0.386 e. The molecule has 14 heteroatoms. The van der Waals surface area contributed by atoms with Gasteiger partial charge in [-0.1, -0.05) is 0 Å². The quantitative estimate of drug-likeness (QED) is 0.177. The van der Waals surface area contributed by atoms with Crippen LogP contribution < -0.4 is 16.5 Å². The highest BCUT2D eigenvalue weighted by atomic mass is 79.9. The van der Waals surface area contributed by atoms with E-state index in [1.54, 1.807) is 0 Å². The zero-order valence-corrected chi connectivity index (χ0v) is 17.7. The fourth-order valence-corrected chi connectivity index (χ4v) is 3.06. The van der Waals surface area contributed by atoms with Crippen molar-refractivity contribution in [3.63, 3.8) is 0 Å². The summed E-state index contributed by atoms with van der Waals surface area (Å²) < 4.78 is 43.7. The summed E-state index contributed by atoms with van der Waals surface area (Å²) in [5.74, 6) is -0.239. The molecule has 0 saturated carbocycles. The Morgan fingerprint density at radius 1 is 1.38 bits per heavy atom. The van der Waals surface area contributed by atoms with Gasteiger partial charge in [0.05, 0.1) is 16.4 Å². The lowest BCUT2D eigenvalue weighted by Crippen LogP contribution is -2.22. The van der Waals surface area contributed by atoms with E-state index in [4.69, 9.17) is 5.73 Å². The third-order valence-electron chi connectivity index (χ3n) is 3.40. The van der Waals surface area contributed by atoms with E-state index in [0.717, 1.165) is 6.26 Å². The summed E-state index contributed by atoms with van der Waals surface area (Å²) in [4.78, 5) is 4.15. The number of nitrogens with zero attached hydrogens (tertiary/aromatic N) is 4. The van der Waals surface area contributed by atoms with Gasteiger partial charge in [-0.15, -0.1) is 0 Å². The van der Waals surface area contributed by atoms with Gasteiger partial charge < -0.3 is 11.1 Å². The minimum Gasteiger partial charge on any atom is -0.386 e. The van der Waals surface area contributed by atoms with Gasteiger partial charge in [0.25, 0.3) is 10.0 Å². The van der Waals surface area contributed by atoms with Gasteiger partial charge in [-0.25, -0.2) is 22.4 Å². The number of anilines is 1. The van der Waals surface area contributed by atoms with E-state index in [-0.39, 0.29) is 27.7 Å². The fraction of sp³-hybridized carbons (Fsp3) is 0.333. The maximum absolute atomic E-state index is 13.3. The third kappa shape index (κ3) is 7.40. The van der Waals surface area contributed by atoms with Crippen LogP contribution in [0, 0.1) is 5.82 Å². The van der Waals surface area contributed by atoms with Gasteiger partial charge in [0.15, 0.2) is 11.5 Å². The SMILES string of the molecule is CS(=O)(=O)N=C(N)CCCCNc1nonc1C(=Nc1ccc(F)c(Br)c1)NO. The normalized spacial score (nSPS) is 12.8. The Morgan fingerprint density at radius 2 is 2.14 bits per heavy atom. The molecule has 0 aliphatic heterocycles. The Kier molecular flexibility index (Phi) is 8.04. The molecule has 2 aromatic rings. The van der Waals surface area contributed by atoms with Crippen LogP contribution in [0.25, 0.3) is 0 Å². The van der Waals surface area contributed by atoms with Gasteiger partial charge in [-0.05, 0) is 57.3 Å². The van der Waals surface area contributed by atoms with Crippen molar-refractivity contribution in [3.8, 4) is 0 Å². The number of sulfonamides is 1. The molecule has 11 nitrogen and oxygen atoms in total. The molecule has 0 saturated heterocycles. The van der Waals surface area contributed by atoms with Gasteiger partial charge in [0, 0.05) is 13.0 Å². The third-order valence-corrected chi connectivity index (χ3v) is 4.57.